The van der Waals surface area contributed by atoms with Gasteiger partial charge in [-0.2, -0.15) is 15.5 Å². The number of likely N-dealkylation sites (tertiary alicyclic amines) is 1. The number of ether oxygens (including phenoxy) is 1. The van der Waals surface area contributed by atoms with Gasteiger partial charge >= 0.3 is 6.03 Å². The third-order valence-corrected chi connectivity index (χ3v) is 6.64. The smallest absolute Gasteiger partial charge is 0.341 e. The number of halogens is 2. The zero-order valence-corrected chi connectivity index (χ0v) is 21.4. The molecule has 11 nitrogen and oxygen atoms in total. The lowest BCUT2D eigenvalue weighted by Crippen LogP contribution is -2.58. The summed E-state index contributed by atoms with van der Waals surface area (Å²) >= 11 is 0. The summed E-state index contributed by atoms with van der Waals surface area (Å²) in [5, 5.41) is 21.5. The molecule has 200 valence electrons. The predicted molar refractivity (Wildman–Crippen MR) is 134 cm³/mol. The highest BCUT2D eigenvalue weighted by atomic mass is 19.1. The maximum absolute atomic E-state index is 14.6. The molecule has 2 aromatic heterocycles. The second-order valence-corrected chi connectivity index (χ2v) is 9.22. The highest BCUT2D eigenvalue weighted by Gasteiger charge is 2.39. The maximum atomic E-state index is 14.6. The molecule has 1 aromatic carbocycles. The molecule has 0 unspecified atom stereocenters. The van der Waals surface area contributed by atoms with Gasteiger partial charge in [-0.15, -0.1) is 0 Å². The van der Waals surface area contributed by atoms with Crippen LogP contribution in [0.15, 0.2) is 35.6 Å². The van der Waals surface area contributed by atoms with Gasteiger partial charge in [0.2, 0.25) is 0 Å². The second kappa shape index (κ2) is 10.1. The Morgan fingerprint density at radius 3 is 2.67 bits per heavy atom. The number of pyridine rings is 1. The Morgan fingerprint density at radius 1 is 1.18 bits per heavy atom. The topological polar surface area (TPSA) is 129 Å². The summed E-state index contributed by atoms with van der Waals surface area (Å²) in [6, 6.07) is 6.31. The molecule has 5 rings (SSSR count). The van der Waals surface area contributed by atoms with Crippen molar-refractivity contribution in [3.8, 4) is 17.6 Å². The van der Waals surface area contributed by atoms with Gasteiger partial charge in [0.05, 0.1) is 53.9 Å². The summed E-state index contributed by atoms with van der Waals surface area (Å²) < 4.78 is 35.8. The molecule has 39 heavy (non-hydrogen) atoms. The quantitative estimate of drug-likeness (QED) is 0.536. The van der Waals surface area contributed by atoms with Crippen LogP contribution in [0.5, 0.6) is 5.75 Å². The van der Waals surface area contributed by atoms with E-state index in [-0.39, 0.29) is 36.1 Å². The number of rotatable bonds is 5. The Morgan fingerprint density at radius 2 is 1.95 bits per heavy atom. The van der Waals surface area contributed by atoms with E-state index < -0.39 is 29.8 Å². The predicted octanol–water partition coefficient (Wildman–Crippen LogP) is 3.01. The highest BCUT2D eigenvalue weighted by molar-refractivity contribution is 5.96. The minimum absolute atomic E-state index is 0.0630. The molecule has 1 saturated heterocycles. The van der Waals surface area contributed by atoms with Crippen molar-refractivity contribution in [2.24, 2.45) is 5.10 Å². The van der Waals surface area contributed by atoms with Crippen molar-refractivity contribution in [1.82, 2.24) is 30.0 Å². The number of nitrogens with one attached hydrogen (secondary N) is 1. The number of benzene rings is 1. The molecule has 3 aromatic rings. The van der Waals surface area contributed by atoms with E-state index in [9.17, 15) is 18.4 Å². The normalized spacial score (nSPS) is 16.7. The number of hydrazone groups is 1. The van der Waals surface area contributed by atoms with Crippen LogP contribution >= 0.6 is 0 Å². The summed E-state index contributed by atoms with van der Waals surface area (Å²) in [5.74, 6) is -1.32. The number of carbonyl (C=O) groups excluding carboxylic acids is 2. The molecule has 0 radical (unpaired) electrons. The van der Waals surface area contributed by atoms with Crippen molar-refractivity contribution < 1.29 is 23.1 Å². The first-order valence-corrected chi connectivity index (χ1v) is 12.1. The molecule has 4 heterocycles. The van der Waals surface area contributed by atoms with Crippen molar-refractivity contribution >= 4 is 18.2 Å². The lowest BCUT2D eigenvalue weighted by atomic mass is 10.0. The highest BCUT2D eigenvalue weighted by Crippen LogP contribution is 2.32. The monoisotopic (exact) mass is 534 g/mol. The number of amides is 3. The van der Waals surface area contributed by atoms with E-state index in [2.05, 4.69) is 20.5 Å². The van der Waals surface area contributed by atoms with Gasteiger partial charge in [-0.25, -0.2) is 28.3 Å². The van der Waals surface area contributed by atoms with Gasteiger partial charge in [-0.1, -0.05) is 0 Å². The molecule has 1 N–H and O–H groups in total. The van der Waals surface area contributed by atoms with Crippen molar-refractivity contribution in [3.63, 3.8) is 0 Å². The lowest BCUT2D eigenvalue weighted by molar-refractivity contribution is 0.0256. The van der Waals surface area contributed by atoms with Crippen LogP contribution in [-0.4, -0.2) is 69.1 Å². The Labute approximate surface area is 222 Å². The van der Waals surface area contributed by atoms with E-state index in [1.807, 2.05) is 6.07 Å². The van der Waals surface area contributed by atoms with E-state index in [1.54, 1.807) is 20.1 Å². The minimum atomic E-state index is -0.680. The molecule has 1 fully saturated rings. The average Bonchev–Trinajstić information content (AvgIpc) is 3.50. The first kappa shape index (κ1) is 25.8. The summed E-state index contributed by atoms with van der Waals surface area (Å²) in [7, 11) is 1.52. The number of aromatic nitrogens is 3. The summed E-state index contributed by atoms with van der Waals surface area (Å²) in [6.07, 6.45) is 2.48. The standard InChI is InChI=1S/C26H24F2N8O3/c1-14-24(25(37)30-3)15(2)35(33-14)23-9-22(20(28)11-31-23)39-19-12-34(13-19)26(38)36-21(4-5-32-36)17-6-16(10-29)7-18(27)8-17/h5-9,11,19,21H,4,12-13H2,1-3H3,(H,30,37)/t21-/m0/s1. The first-order chi connectivity index (χ1) is 18.7. The molecule has 0 saturated carbocycles. The summed E-state index contributed by atoms with van der Waals surface area (Å²) in [6.45, 7) is 3.77. The molecule has 1 atom stereocenters. The van der Waals surface area contributed by atoms with Crippen LogP contribution in [0.3, 0.4) is 0 Å². The number of nitriles is 1. The molecule has 2 aliphatic rings. The summed E-state index contributed by atoms with van der Waals surface area (Å²) in [4.78, 5) is 30.9. The number of hydrogen-bond donors (Lipinski definition) is 1. The lowest BCUT2D eigenvalue weighted by Gasteiger charge is -2.41. The van der Waals surface area contributed by atoms with Gasteiger partial charge in [0, 0.05) is 25.7 Å². The number of hydrogen-bond acceptors (Lipinski definition) is 7. The van der Waals surface area contributed by atoms with Crippen LogP contribution in [0.25, 0.3) is 5.82 Å². The SMILES string of the molecule is CNC(=O)c1c(C)nn(-c2cc(OC3CN(C(=O)N4N=CC[C@H]4c4cc(F)cc(C#N)c4)C3)c(F)cn2)c1C. The Hall–Kier alpha value is -4.86. The molecular weight excluding hydrogens is 510 g/mol. The summed E-state index contributed by atoms with van der Waals surface area (Å²) in [5.41, 5.74) is 2.08. The third-order valence-electron chi connectivity index (χ3n) is 6.64. The molecule has 0 aliphatic carbocycles. The molecule has 2 aliphatic heterocycles. The molecule has 0 spiro atoms. The molecule has 13 heteroatoms. The van der Waals surface area contributed by atoms with E-state index >= 15 is 0 Å². The zero-order chi connectivity index (χ0) is 27.8. The van der Waals surface area contributed by atoms with Gasteiger partial charge in [0.25, 0.3) is 5.91 Å². The van der Waals surface area contributed by atoms with E-state index in [4.69, 9.17) is 10.00 Å². The van der Waals surface area contributed by atoms with E-state index in [1.165, 1.54) is 39.8 Å². The molecular formula is C26H24F2N8O3. The van der Waals surface area contributed by atoms with E-state index in [0.717, 1.165) is 12.3 Å². The van der Waals surface area contributed by atoms with Crippen molar-refractivity contribution in [3.05, 3.63) is 70.2 Å². The van der Waals surface area contributed by atoms with Crippen LogP contribution < -0.4 is 10.1 Å². The zero-order valence-electron chi connectivity index (χ0n) is 21.4. The molecule has 3 amide bonds. The second-order valence-electron chi connectivity index (χ2n) is 9.22. The van der Waals surface area contributed by atoms with Crippen molar-refractivity contribution in [2.45, 2.75) is 32.4 Å². The van der Waals surface area contributed by atoms with Crippen molar-refractivity contribution in [2.75, 3.05) is 20.1 Å². The maximum Gasteiger partial charge on any atom is 0.341 e. The fraction of sp³-hybridized carbons (Fsp3) is 0.308. The van der Waals surface area contributed by atoms with Crippen LogP contribution in [0.1, 0.15) is 45.3 Å². The van der Waals surface area contributed by atoms with Crippen LogP contribution in [0, 0.1) is 36.8 Å². The number of nitrogens with zero attached hydrogens (tertiary/aromatic N) is 7. The Bertz CT molecular complexity index is 1540. The van der Waals surface area contributed by atoms with Gasteiger partial charge in [0.15, 0.2) is 17.4 Å². The number of carbonyl (C=O) groups is 2. The Balaban J connectivity index is 1.27. The number of aryl methyl sites for hydroxylation is 1. The minimum Gasteiger partial charge on any atom is -0.483 e. The first-order valence-electron chi connectivity index (χ1n) is 12.1. The third kappa shape index (κ3) is 4.76. The van der Waals surface area contributed by atoms with Gasteiger partial charge in [-0.05, 0) is 37.6 Å². The van der Waals surface area contributed by atoms with Gasteiger partial charge in [0.1, 0.15) is 11.9 Å². The van der Waals surface area contributed by atoms with Gasteiger partial charge < -0.3 is 15.0 Å². The van der Waals surface area contributed by atoms with Crippen LogP contribution in [0.2, 0.25) is 0 Å². The fourth-order valence-electron chi connectivity index (χ4n) is 4.67. The fourth-order valence-corrected chi connectivity index (χ4v) is 4.67. The van der Waals surface area contributed by atoms with E-state index in [0.29, 0.717) is 28.9 Å². The van der Waals surface area contributed by atoms with Gasteiger partial charge in [-0.3, -0.25) is 4.79 Å². The van der Waals surface area contributed by atoms with Crippen molar-refractivity contribution in [1.29, 1.82) is 5.26 Å². The largest absolute Gasteiger partial charge is 0.483 e. The van der Waals surface area contributed by atoms with Crippen LogP contribution in [0.4, 0.5) is 13.6 Å². The van der Waals surface area contributed by atoms with Crippen LogP contribution in [-0.2, 0) is 0 Å². The Kier molecular flexibility index (Phi) is 6.69. The number of urea groups is 1. The average molecular weight is 535 g/mol. The molecule has 0 bridgehead atoms.